The van der Waals surface area contributed by atoms with Gasteiger partial charge in [-0.15, -0.1) is 0 Å². The Hall–Kier alpha value is -2.41. The van der Waals surface area contributed by atoms with Gasteiger partial charge < -0.3 is 19.5 Å². The van der Waals surface area contributed by atoms with Gasteiger partial charge in [-0.3, -0.25) is 4.79 Å². The number of ether oxygens (including phenoxy) is 1. The van der Waals surface area contributed by atoms with Crippen molar-refractivity contribution in [3.05, 3.63) is 41.8 Å². The number of aromatic nitrogens is 1. The van der Waals surface area contributed by atoms with Crippen LogP contribution in [-0.4, -0.2) is 37.4 Å². The van der Waals surface area contributed by atoms with E-state index in [-0.39, 0.29) is 5.69 Å². The molecule has 0 saturated carbocycles. The van der Waals surface area contributed by atoms with Crippen molar-refractivity contribution >= 4 is 17.5 Å². The Morgan fingerprint density at radius 1 is 1.29 bits per heavy atom. The highest BCUT2D eigenvalue weighted by Gasteiger charge is 2.19. The molecule has 7 heteroatoms. The van der Waals surface area contributed by atoms with E-state index in [1.165, 1.54) is 18.2 Å². The summed E-state index contributed by atoms with van der Waals surface area (Å²) in [5.41, 5.74) is 0.525. The number of anilines is 2. The second-order valence-electron chi connectivity index (χ2n) is 4.61. The van der Waals surface area contributed by atoms with E-state index in [2.05, 4.69) is 10.5 Å². The number of carbonyl (C=O) groups is 1. The van der Waals surface area contributed by atoms with Crippen LogP contribution in [0, 0.1) is 5.82 Å². The Morgan fingerprint density at radius 2 is 2.10 bits per heavy atom. The van der Waals surface area contributed by atoms with Crippen molar-refractivity contribution in [3.63, 3.8) is 0 Å². The van der Waals surface area contributed by atoms with Crippen molar-refractivity contribution in [3.8, 4) is 0 Å². The molecule has 1 N–H and O–H groups in total. The van der Waals surface area contributed by atoms with Crippen LogP contribution in [0.5, 0.6) is 0 Å². The normalized spacial score (nSPS) is 15.0. The monoisotopic (exact) mass is 291 g/mol. The van der Waals surface area contributed by atoms with Gasteiger partial charge in [0.05, 0.1) is 13.2 Å². The lowest BCUT2D eigenvalue weighted by Gasteiger charge is -2.25. The van der Waals surface area contributed by atoms with Crippen LogP contribution < -0.4 is 10.2 Å². The predicted octanol–water partition coefficient (Wildman–Crippen LogP) is 1.90. The first kappa shape index (κ1) is 13.6. The smallest absolute Gasteiger partial charge is 0.277 e. The van der Waals surface area contributed by atoms with Crippen LogP contribution in [0.15, 0.2) is 34.9 Å². The van der Waals surface area contributed by atoms with Gasteiger partial charge in [-0.1, -0.05) is 11.2 Å². The summed E-state index contributed by atoms with van der Waals surface area (Å²) in [6.45, 7) is 2.62. The lowest BCUT2D eigenvalue weighted by molar-refractivity contribution is 0.101. The number of nitrogens with one attached hydrogen (secondary N) is 1. The highest BCUT2D eigenvalue weighted by Crippen LogP contribution is 2.18. The summed E-state index contributed by atoms with van der Waals surface area (Å²) >= 11 is 0. The van der Waals surface area contributed by atoms with Crippen LogP contribution in [0.1, 0.15) is 10.5 Å². The molecule has 6 nitrogen and oxygen atoms in total. The molecule has 1 fully saturated rings. The minimum absolute atomic E-state index is 0.153. The Bertz CT molecular complexity index is 638. The Labute approximate surface area is 120 Å². The summed E-state index contributed by atoms with van der Waals surface area (Å²) in [5, 5.41) is 6.32. The van der Waals surface area contributed by atoms with Crippen molar-refractivity contribution in [2.45, 2.75) is 0 Å². The van der Waals surface area contributed by atoms with Crippen LogP contribution in [0.4, 0.5) is 16.0 Å². The second-order valence-corrected chi connectivity index (χ2v) is 4.61. The van der Waals surface area contributed by atoms with E-state index in [9.17, 15) is 9.18 Å². The third-order valence-electron chi connectivity index (χ3n) is 3.14. The standard InChI is InChI=1S/C14H14FN3O3/c15-10-2-1-3-11(8-10)16-14(19)12-9-13(21-17-12)18-4-6-20-7-5-18/h1-3,8-9H,4-7H2,(H,16,19). The molecule has 0 radical (unpaired) electrons. The molecule has 0 bridgehead atoms. The number of hydrogen-bond donors (Lipinski definition) is 1. The molecule has 110 valence electrons. The molecule has 1 aliphatic heterocycles. The third kappa shape index (κ3) is 3.19. The molecule has 0 unspecified atom stereocenters. The van der Waals surface area contributed by atoms with Gasteiger partial charge in [0.25, 0.3) is 5.91 Å². The maximum atomic E-state index is 13.1. The van der Waals surface area contributed by atoms with Gasteiger partial charge in [-0.05, 0) is 18.2 Å². The van der Waals surface area contributed by atoms with Crippen LogP contribution in [-0.2, 0) is 4.74 Å². The maximum Gasteiger partial charge on any atom is 0.277 e. The number of carbonyl (C=O) groups excluding carboxylic acids is 1. The lowest BCUT2D eigenvalue weighted by Crippen LogP contribution is -2.35. The second kappa shape index (κ2) is 5.92. The number of nitrogens with zero attached hydrogens (tertiary/aromatic N) is 2. The summed E-state index contributed by atoms with van der Waals surface area (Å²) in [6.07, 6.45) is 0. The molecule has 1 saturated heterocycles. The predicted molar refractivity (Wildman–Crippen MR) is 73.9 cm³/mol. The maximum absolute atomic E-state index is 13.1. The summed E-state index contributed by atoms with van der Waals surface area (Å²) in [6, 6.07) is 7.24. The number of rotatable bonds is 3. The molecule has 0 atom stereocenters. The number of morpholine rings is 1. The molecular weight excluding hydrogens is 277 g/mol. The van der Waals surface area contributed by atoms with Crippen molar-refractivity contribution in [1.82, 2.24) is 5.16 Å². The van der Waals surface area contributed by atoms with E-state index in [0.29, 0.717) is 37.9 Å². The van der Waals surface area contributed by atoms with Crippen molar-refractivity contribution < 1.29 is 18.4 Å². The average molecular weight is 291 g/mol. The molecular formula is C14H14FN3O3. The van der Waals surface area contributed by atoms with Gasteiger partial charge in [-0.25, -0.2) is 4.39 Å². The lowest BCUT2D eigenvalue weighted by atomic mass is 10.3. The van der Waals surface area contributed by atoms with E-state index in [4.69, 9.17) is 9.26 Å². The largest absolute Gasteiger partial charge is 0.378 e. The minimum atomic E-state index is -0.441. The Morgan fingerprint density at radius 3 is 2.86 bits per heavy atom. The summed E-state index contributed by atoms with van der Waals surface area (Å²) in [5.74, 6) is -0.325. The van der Waals surface area contributed by atoms with E-state index < -0.39 is 11.7 Å². The molecule has 1 aromatic carbocycles. The molecule has 21 heavy (non-hydrogen) atoms. The zero-order valence-corrected chi connectivity index (χ0v) is 11.2. The topological polar surface area (TPSA) is 67.6 Å². The fourth-order valence-electron chi connectivity index (χ4n) is 2.07. The SMILES string of the molecule is O=C(Nc1cccc(F)c1)c1cc(N2CCOCC2)on1. The highest BCUT2D eigenvalue weighted by atomic mass is 19.1. The Balaban J connectivity index is 1.69. The number of amides is 1. The van der Waals surface area contributed by atoms with Gasteiger partial charge in [-0.2, -0.15) is 0 Å². The van der Waals surface area contributed by atoms with Crippen molar-refractivity contribution in [1.29, 1.82) is 0 Å². The highest BCUT2D eigenvalue weighted by molar-refractivity contribution is 6.03. The van der Waals surface area contributed by atoms with E-state index in [1.54, 1.807) is 12.1 Å². The van der Waals surface area contributed by atoms with Crippen LogP contribution in [0.25, 0.3) is 0 Å². The molecule has 0 spiro atoms. The van der Waals surface area contributed by atoms with Crippen LogP contribution in [0.2, 0.25) is 0 Å². The first-order valence-electron chi connectivity index (χ1n) is 6.59. The minimum Gasteiger partial charge on any atom is -0.378 e. The summed E-state index contributed by atoms with van der Waals surface area (Å²) in [4.78, 5) is 14.0. The first-order chi connectivity index (χ1) is 10.2. The van der Waals surface area contributed by atoms with Crippen LogP contribution in [0.3, 0.4) is 0 Å². The molecule has 1 aliphatic rings. The van der Waals surface area contributed by atoms with Crippen molar-refractivity contribution in [2.75, 3.05) is 36.5 Å². The van der Waals surface area contributed by atoms with Gasteiger partial charge in [0, 0.05) is 24.8 Å². The molecule has 1 aromatic heterocycles. The van der Waals surface area contributed by atoms with Crippen LogP contribution >= 0.6 is 0 Å². The average Bonchev–Trinajstić information content (AvgIpc) is 2.98. The van der Waals surface area contributed by atoms with Gasteiger partial charge in [0.15, 0.2) is 5.69 Å². The number of benzene rings is 1. The summed E-state index contributed by atoms with van der Waals surface area (Å²) in [7, 11) is 0. The van der Waals surface area contributed by atoms with Gasteiger partial charge in [0.1, 0.15) is 5.82 Å². The fourth-order valence-corrected chi connectivity index (χ4v) is 2.07. The van der Waals surface area contributed by atoms with Crippen molar-refractivity contribution in [2.24, 2.45) is 0 Å². The molecule has 0 aliphatic carbocycles. The fraction of sp³-hybridized carbons (Fsp3) is 0.286. The van der Waals surface area contributed by atoms with E-state index in [1.807, 2.05) is 4.90 Å². The van der Waals surface area contributed by atoms with Gasteiger partial charge >= 0.3 is 0 Å². The molecule has 2 heterocycles. The van der Waals surface area contributed by atoms with E-state index >= 15 is 0 Å². The third-order valence-corrected chi connectivity index (χ3v) is 3.14. The zero-order chi connectivity index (χ0) is 14.7. The number of halogens is 1. The molecule has 1 amide bonds. The Kier molecular flexibility index (Phi) is 3.83. The van der Waals surface area contributed by atoms with Gasteiger partial charge in [0.2, 0.25) is 5.88 Å². The number of hydrogen-bond acceptors (Lipinski definition) is 5. The van der Waals surface area contributed by atoms with E-state index in [0.717, 1.165) is 0 Å². The summed E-state index contributed by atoms with van der Waals surface area (Å²) < 4.78 is 23.5. The zero-order valence-electron chi connectivity index (χ0n) is 11.2. The quantitative estimate of drug-likeness (QED) is 0.935. The molecule has 3 rings (SSSR count). The molecule has 2 aromatic rings. The first-order valence-corrected chi connectivity index (χ1v) is 6.59.